The smallest absolute Gasteiger partial charge is 0.228 e. The van der Waals surface area contributed by atoms with Gasteiger partial charge in [-0.2, -0.15) is 4.98 Å². The van der Waals surface area contributed by atoms with Crippen LogP contribution >= 0.6 is 23.2 Å². The van der Waals surface area contributed by atoms with Crippen LogP contribution in [0.15, 0.2) is 66.7 Å². The first-order valence-electron chi connectivity index (χ1n) is 12.8. The molecule has 3 heterocycles. The number of halogens is 2. The van der Waals surface area contributed by atoms with Gasteiger partial charge in [-0.15, -0.1) is 5.10 Å². The van der Waals surface area contributed by atoms with Crippen molar-refractivity contribution < 1.29 is 9.47 Å². The number of piperazine rings is 1. The summed E-state index contributed by atoms with van der Waals surface area (Å²) in [6.45, 7) is 3.21. The Hall–Kier alpha value is -4.21. The van der Waals surface area contributed by atoms with Crippen molar-refractivity contribution in [3.05, 3.63) is 76.8 Å². The van der Waals surface area contributed by atoms with Gasteiger partial charge in [-0.05, 0) is 48.5 Å². The van der Waals surface area contributed by atoms with E-state index in [9.17, 15) is 0 Å². The molecule has 2 aromatic heterocycles. The third-order valence-electron chi connectivity index (χ3n) is 7.05. The van der Waals surface area contributed by atoms with Crippen LogP contribution in [-0.2, 0) is 0 Å². The first kappa shape index (κ1) is 26.0. The van der Waals surface area contributed by atoms with E-state index in [1.165, 1.54) is 5.69 Å². The maximum Gasteiger partial charge on any atom is 0.228 e. The molecule has 40 heavy (non-hydrogen) atoms. The summed E-state index contributed by atoms with van der Waals surface area (Å²) in [6, 6.07) is 21.3. The molecule has 0 saturated carbocycles. The van der Waals surface area contributed by atoms with Gasteiger partial charge in [0.2, 0.25) is 5.95 Å². The van der Waals surface area contributed by atoms with E-state index >= 15 is 0 Å². The van der Waals surface area contributed by atoms with Crippen LogP contribution in [0.4, 0.5) is 17.5 Å². The number of aromatic nitrogens is 4. The van der Waals surface area contributed by atoms with E-state index in [2.05, 4.69) is 34.1 Å². The summed E-state index contributed by atoms with van der Waals surface area (Å²) in [5.41, 5.74) is 10.5. The van der Waals surface area contributed by atoms with Gasteiger partial charge in [0.05, 0.1) is 41.0 Å². The summed E-state index contributed by atoms with van der Waals surface area (Å²) in [5, 5.41) is 6.26. The van der Waals surface area contributed by atoms with Gasteiger partial charge < -0.3 is 25.0 Å². The van der Waals surface area contributed by atoms with Gasteiger partial charge in [0, 0.05) is 37.4 Å². The molecule has 11 heteroatoms. The van der Waals surface area contributed by atoms with Crippen LogP contribution in [-0.4, -0.2) is 60.1 Å². The molecular formula is C29H27Cl2N7O2. The van der Waals surface area contributed by atoms with Crippen LogP contribution in [0.3, 0.4) is 0 Å². The van der Waals surface area contributed by atoms with Gasteiger partial charge >= 0.3 is 0 Å². The largest absolute Gasteiger partial charge is 0.493 e. The van der Waals surface area contributed by atoms with E-state index in [0.29, 0.717) is 55.7 Å². The van der Waals surface area contributed by atoms with Gasteiger partial charge in [0.15, 0.2) is 17.1 Å². The Balaban J connectivity index is 1.46. The highest BCUT2D eigenvalue weighted by molar-refractivity contribution is 6.42. The van der Waals surface area contributed by atoms with Gasteiger partial charge in [0.25, 0.3) is 0 Å². The highest BCUT2D eigenvalue weighted by atomic mass is 35.5. The number of nitrogens with zero attached hydrogens (tertiary/aromatic N) is 6. The average molecular weight is 576 g/mol. The monoisotopic (exact) mass is 575 g/mol. The lowest BCUT2D eigenvalue weighted by atomic mass is 10.1. The maximum atomic E-state index is 6.70. The van der Waals surface area contributed by atoms with Crippen molar-refractivity contribution in [2.45, 2.75) is 0 Å². The second-order valence-corrected chi connectivity index (χ2v) is 10.2. The first-order chi connectivity index (χ1) is 19.5. The van der Waals surface area contributed by atoms with Crippen LogP contribution in [0.5, 0.6) is 11.5 Å². The Morgan fingerprint density at radius 1 is 0.750 bits per heavy atom. The Labute approximate surface area is 241 Å². The van der Waals surface area contributed by atoms with Gasteiger partial charge in [-0.25, -0.2) is 9.67 Å². The molecule has 0 bridgehead atoms. The van der Waals surface area contributed by atoms with E-state index in [1.54, 1.807) is 31.0 Å². The number of benzene rings is 3. The molecule has 1 saturated heterocycles. The summed E-state index contributed by atoms with van der Waals surface area (Å²) >= 11 is 12.5. The summed E-state index contributed by atoms with van der Waals surface area (Å²) in [7, 11) is 3.21. The number of ether oxygens (including phenoxy) is 2. The molecule has 0 amide bonds. The quantitative estimate of drug-likeness (QED) is 0.275. The highest BCUT2D eigenvalue weighted by Gasteiger charge is 2.25. The number of rotatable bonds is 6. The molecule has 0 unspecified atom stereocenters. The number of nitrogen functional groups attached to an aromatic ring is 1. The lowest BCUT2D eigenvalue weighted by Gasteiger charge is -2.36. The second-order valence-electron chi connectivity index (χ2n) is 9.35. The lowest BCUT2D eigenvalue weighted by Crippen LogP contribution is -2.47. The lowest BCUT2D eigenvalue weighted by molar-refractivity contribution is 0.355. The molecule has 1 aliphatic rings. The zero-order valence-electron chi connectivity index (χ0n) is 22.0. The van der Waals surface area contributed by atoms with Gasteiger partial charge in [0.1, 0.15) is 5.82 Å². The Morgan fingerprint density at radius 2 is 1.48 bits per heavy atom. The van der Waals surface area contributed by atoms with Crippen LogP contribution in [0.2, 0.25) is 10.0 Å². The summed E-state index contributed by atoms with van der Waals surface area (Å²) in [6.07, 6.45) is 0. The number of fused-ring (bicyclic) bond motifs is 1. The van der Waals surface area contributed by atoms with Crippen LogP contribution in [0.1, 0.15) is 0 Å². The number of nitrogens with two attached hydrogens (primary N) is 1. The summed E-state index contributed by atoms with van der Waals surface area (Å²) in [5.74, 6) is 2.18. The van der Waals surface area contributed by atoms with Gasteiger partial charge in [-0.3, -0.25) is 0 Å². The third kappa shape index (κ3) is 4.71. The first-order valence-corrected chi connectivity index (χ1v) is 13.5. The Morgan fingerprint density at radius 3 is 2.17 bits per heavy atom. The maximum absolute atomic E-state index is 6.70. The van der Waals surface area contributed by atoms with Crippen molar-refractivity contribution in [1.29, 1.82) is 0 Å². The Bertz CT molecular complexity index is 1690. The fourth-order valence-electron chi connectivity index (χ4n) is 4.95. The molecule has 2 N–H and O–H groups in total. The molecule has 3 aromatic carbocycles. The van der Waals surface area contributed by atoms with Crippen LogP contribution in [0, 0.1) is 0 Å². The number of para-hydroxylation sites is 1. The molecule has 9 nitrogen and oxygen atoms in total. The van der Waals surface area contributed by atoms with E-state index < -0.39 is 0 Å². The molecule has 204 valence electrons. The molecule has 6 rings (SSSR count). The van der Waals surface area contributed by atoms with Gasteiger partial charge in [-0.1, -0.05) is 41.4 Å². The predicted octanol–water partition coefficient (Wildman–Crippen LogP) is 5.72. The molecule has 0 atom stereocenters. The second kappa shape index (κ2) is 10.7. The number of hydrogen-bond donors (Lipinski definition) is 1. The normalized spacial score (nSPS) is 13.6. The highest BCUT2D eigenvalue weighted by Crippen LogP contribution is 2.38. The fourth-order valence-corrected chi connectivity index (χ4v) is 5.24. The number of anilines is 3. The number of methoxy groups -OCH3 is 2. The van der Waals surface area contributed by atoms with Crippen LogP contribution < -0.4 is 25.0 Å². The minimum Gasteiger partial charge on any atom is -0.493 e. The van der Waals surface area contributed by atoms with E-state index in [-0.39, 0.29) is 0 Å². The average Bonchev–Trinajstić information content (AvgIpc) is 3.34. The van der Waals surface area contributed by atoms with E-state index in [1.807, 2.05) is 30.3 Å². The van der Waals surface area contributed by atoms with E-state index in [0.717, 1.165) is 31.7 Å². The van der Waals surface area contributed by atoms with Crippen molar-refractivity contribution in [3.63, 3.8) is 0 Å². The minimum atomic E-state index is 0.388. The van der Waals surface area contributed by atoms with Crippen molar-refractivity contribution in [3.8, 4) is 28.4 Å². The zero-order valence-corrected chi connectivity index (χ0v) is 23.5. The molecule has 1 aliphatic heterocycles. The molecular weight excluding hydrogens is 549 g/mol. The molecule has 0 spiro atoms. The van der Waals surface area contributed by atoms with E-state index in [4.69, 9.17) is 53.5 Å². The van der Waals surface area contributed by atoms with Crippen molar-refractivity contribution in [2.24, 2.45) is 0 Å². The molecule has 1 fully saturated rings. The molecule has 5 aromatic rings. The SMILES string of the molecule is COc1ccc(-c2nc(N3CCN(c4ccccc4)CC3)nc3nn(-c4ccc(Cl)c(Cl)c4)c(N)c23)cc1OC. The zero-order chi connectivity index (χ0) is 27.8. The topological polar surface area (TPSA) is 94.6 Å². The Kier molecular flexibility index (Phi) is 7.00. The standard InChI is InChI=1S/C29H27Cl2N7O2/c1-39-23-11-8-18(16-24(23)40-2)26-25-27(32)38(20-9-10-21(30)22(31)17-20)35-28(25)34-29(33-26)37-14-12-36(13-15-37)19-6-4-3-5-7-19/h3-11,16-17H,12-15,32H2,1-2H3. The van der Waals surface area contributed by atoms with Crippen molar-refractivity contribution >= 4 is 51.7 Å². The predicted molar refractivity (Wildman–Crippen MR) is 161 cm³/mol. The van der Waals surface area contributed by atoms with Crippen molar-refractivity contribution in [1.82, 2.24) is 19.7 Å². The summed E-state index contributed by atoms with van der Waals surface area (Å²) < 4.78 is 12.6. The third-order valence-corrected chi connectivity index (χ3v) is 7.78. The molecule has 0 radical (unpaired) electrons. The fraction of sp³-hybridized carbons (Fsp3) is 0.207. The molecule has 0 aliphatic carbocycles. The summed E-state index contributed by atoms with van der Waals surface area (Å²) in [4.78, 5) is 14.5. The van der Waals surface area contributed by atoms with Crippen molar-refractivity contribution in [2.75, 3.05) is 55.9 Å². The number of hydrogen-bond acceptors (Lipinski definition) is 8. The van der Waals surface area contributed by atoms with Crippen LogP contribution in [0.25, 0.3) is 28.0 Å². The minimum absolute atomic E-state index is 0.388.